The van der Waals surface area contributed by atoms with Crippen LogP contribution in [0.1, 0.15) is 245 Å². The molecule has 2 N–H and O–H groups in total. The largest absolute Gasteiger partial charge is 0.756 e. The molecule has 9 heteroatoms. The number of amides is 1. The van der Waals surface area contributed by atoms with Gasteiger partial charge >= 0.3 is 0 Å². The van der Waals surface area contributed by atoms with Crippen LogP contribution in [0, 0.1) is 0 Å². The summed E-state index contributed by atoms with van der Waals surface area (Å²) in [6.45, 7) is 4.50. The molecular formula is C67H117N2O6P. The first-order valence-corrected chi connectivity index (χ1v) is 32.4. The fraction of sp³-hybridized carbons (Fsp3) is 0.687. The number of nitrogens with one attached hydrogen (secondary N) is 1. The van der Waals surface area contributed by atoms with Gasteiger partial charge in [0.25, 0.3) is 7.82 Å². The molecule has 0 aromatic carbocycles. The van der Waals surface area contributed by atoms with Crippen LogP contribution in [-0.2, 0) is 18.4 Å². The van der Waals surface area contributed by atoms with Gasteiger partial charge in [-0.2, -0.15) is 0 Å². The number of likely N-dealkylation sites (N-methyl/N-ethyl adjacent to an activating group) is 1. The van der Waals surface area contributed by atoms with E-state index in [4.69, 9.17) is 9.05 Å². The SMILES string of the molecule is CC/C=C\C/C=C\C/C=C\C/C=C\C/C=C\C/C=C\C/C=C\CCCCCCCCCCCC(=O)NC(COP(=O)([O-])OCC[N+](C)(C)C)C(O)/C=C/CC/C=C/CC/C=C/CCCCCCCCCCCCCCC. The molecule has 0 heterocycles. The minimum Gasteiger partial charge on any atom is -0.756 e. The quantitative estimate of drug-likeness (QED) is 0.0272. The van der Waals surface area contributed by atoms with E-state index in [0.717, 1.165) is 103 Å². The average Bonchev–Trinajstić information content (AvgIpc) is 3.38. The number of aliphatic hydroxyl groups excluding tert-OH is 1. The summed E-state index contributed by atoms with van der Waals surface area (Å²) in [5.41, 5.74) is 0. The van der Waals surface area contributed by atoms with Gasteiger partial charge in [0.1, 0.15) is 13.2 Å². The Balaban J connectivity index is 4.28. The van der Waals surface area contributed by atoms with Gasteiger partial charge in [0.2, 0.25) is 5.91 Å². The molecule has 0 aromatic rings. The third-order valence-corrected chi connectivity index (χ3v) is 14.1. The van der Waals surface area contributed by atoms with Gasteiger partial charge in [0, 0.05) is 6.42 Å². The third-order valence-electron chi connectivity index (χ3n) is 13.1. The highest BCUT2D eigenvalue weighted by Gasteiger charge is 2.23. The van der Waals surface area contributed by atoms with E-state index in [-0.39, 0.29) is 12.5 Å². The molecule has 0 rings (SSSR count). The summed E-state index contributed by atoms with van der Waals surface area (Å²) in [7, 11) is 1.22. The number of phosphoric acid groups is 1. The van der Waals surface area contributed by atoms with Crippen LogP contribution >= 0.6 is 7.82 Å². The van der Waals surface area contributed by atoms with E-state index in [1.54, 1.807) is 6.08 Å². The summed E-state index contributed by atoms with van der Waals surface area (Å²) < 4.78 is 23.4. The number of unbranched alkanes of at least 4 members (excludes halogenated alkanes) is 24. The highest BCUT2D eigenvalue weighted by molar-refractivity contribution is 7.45. The third kappa shape index (κ3) is 58.6. The van der Waals surface area contributed by atoms with Crippen LogP contribution in [0.5, 0.6) is 0 Å². The molecule has 0 aliphatic carbocycles. The zero-order valence-electron chi connectivity index (χ0n) is 49.7. The summed E-state index contributed by atoms with van der Waals surface area (Å²) in [4.78, 5) is 25.5. The smallest absolute Gasteiger partial charge is 0.268 e. The maximum atomic E-state index is 13.0. The number of allylic oxidation sites excluding steroid dienone is 19. The molecule has 436 valence electrons. The van der Waals surface area contributed by atoms with Crippen molar-refractivity contribution in [3.8, 4) is 0 Å². The standard InChI is InChI=1S/C67H117N2O6P/c1-6-8-10-12-14-16-18-20-22-24-26-28-30-31-32-33-34-35-36-37-39-41-43-45-47-49-51-53-55-57-59-61-67(71)68-65(64-75-76(72,73)74-63-62-69(3,4)5)66(70)60-58-56-54-52-50-48-46-44-42-40-38-29-27-25-23-21-19-17-15-13-11-9-7-2/h8,10,14,16,20,22,26,28,31-32,34-35,37,39,42,44,50,52,58,60,65-66,70H,6-7,9,11-13,15,17-19,21,23-25,27,29-30,33,36,38,40-41,43,45-49,51,53-57,59,61-64H2,1-5H3,(H-,68,71,72,73)/b10-8-,16-14-,22-20-,28-26-,32-31-,35-34-,39-37-,44-42+,52-50+,60-58+. The Morgan fingerprint density at radius 1 is 0.474 bits per heavy atom. The van der Waals surface area contributed by atoms with Gasteiger partial charge in [-0.15, -0.1) is 0 Å². The highest BCUT2D eigenvalue weighted by atomic mass is 31.2. The van der Waals surface area contributed by atoms with Crippen LogP contribution in [0.15, 0.2) is 122 Å². The Kier molecular flexibility index (Phi) is 54.3. The topological polar surface area (TPSA) is 108 Å². The van der Waals surface area contributed by atoms with Gasteiger partial charge < -0.3 is 28.8 Å². The highest BCUT2D eigenvalue weighted by Crippen LogP contribution is 2.38. The van der Waals surface area contributed by atoms with Gasteiger partial charge in [-0.3, -0.25) is 9.36 Å². The number of aliphatic hydroxyl groups is 1. The molecule has 0 fully saturated rings. The maximum Gasteiger partial charge on any atom is 0.268 e. The van der Waals surface area contributed by atoms with E-state index in [9.17, 15) is 19.4 Å². The molecule has 1 amide bonds. The number of carbonyl (C=O) groups is 1. The zero-order valence-corrected chi connectivity index (χ0v) is 50.6. The summed E-state index contributed by atoms with van der Waals surface area (Å²) >= 11 is 0. The second-order valence-electron chi connectivity index (χ2n) is 21.7. The molecule has 3 atom stereocenters. The molecule has 0 radical (unpaired) electrons. The minimum absolute atomic E-state index is 0.0164. The van der Waals surface area contributed by atoms with Crippen molar-refractivity contribution in [2.45, 2.75) is 257 Å². The van der Waals surface area contributed by atoms with Crippen LogP contribution in [0.4, 0.5) is 0 Å². The molecule has 0 saturated carbocycles. The normalized spacial score (nSPS) is 14.7. The monoisotopic (exact) mass is 1080 g/mol. The number of hydrogen-bond donors (Lipinski definition) is 2. The van der Waals surface area contributed by atoms with Gasteiger partial charge in [-0.05, 0) is 103 Å². The van der Waals surface area contributed by atoms with Gasteiger partial charge in [-0.25, -0.2) is 0 Å². The predicted octanol–water partition coefficient (Wildman–Crippen LogP) is 18.7. The van der Waals surface area contributed by atoms with Crippen LogP contribution in [0.2, 0.25) is 0 Å². The van der Waals surface area contributed by atoms with Gasteiger partial charge in [0.05, 0.1) is 39.9 Å². The lowest BCUT2D eigenvalue weighted by Gasteiger charge is -2.29. The fourth-order valence-corrected chi connectivity index (χ4v) is 9.06. The molecule has 0 spiro atoms. The van der Waals surface area contributed by atoms with Gasteiger partial charge in [-0.1, -0.05) is 257 Å². The first-order chi connectivity index (χ1) is 37.0. The second kappa shape index (κ2) is 56.6. The van der Waals surface area contributed by atoms with Crippen molar-refractivity contribution in [3.05, 3.63) is 122 Å². The summed E-state index contributed by atoms with van der Waals surface area (Å²) in [5.74, 6) is -0.222. The molecule has 8 nitrogen and oxygen atoms in total. The Labute approximate surface area is 469 Å². The number of rotatable bonds is 55. The number of carbonyl (C=O) groups excluding carboxylic acids is 1. The van der Waals surface area contributed by atoms with Gasteiger partial charge in [0.15, 0.2) is 0 Å². The predicted molar refractivity (Wildman–Crippen MR) is 329 cm³/mol. The van der Waals surface area contributed by atoms with E-state index in [0.29, 0.717) is 17.4 Å². The van der Waals surface area contributed by atoms with Crippen molar-refractivity contribution in [2.75, 3.05) is 40.9 Å². The van der Waals surface area contributed by atoms with E-state index >= 15 is 0 Å². The Bertz CT molecular complexity index is 1650. The lowest BCUT2D eigenvalue weighted by Crippen LogP contribution is -2.45. The maximum absolute atomic E-state index is 13.0. The summed E-state index contributed by atoms with van der Waals surface area (Å²) in [6.07, 6.45) is 84.3. The molecule has 0 aliphatic heterocycles. The lowest BCUT2D eigenvalue weighted by atomic mass is 10.0. The molecule has 3 unspecified atom stereocenters. The number of quaternary nitrogens is 1. The van der Waals surface area contributed by atoms with Crippen molar-refractivity contribution in [2.24, 2.45) is 0 Å². The second-order valence-corrected chi connectivity index (χ2v) is 23.1. The Hall–Kier alpha value is -3.10. The van der Waals surface area contributed by atoms with E-state index in [2.05, 4.69) is 129 Å². The van der Waals surface area contributed by atoms with E-state index < -0.39 is 26.6 Å². The van der Waals surface area contributed by atoms with E-state index in [1.165, 1.54) is 122 Å². The number of nitrogens with zero attached hydrogens (tertiary/aromatic N) is 1. The van der Waals surface area contributed by atoms with Crippen LogP contribution in [0.25, 0.3) is 0 Å². The summed E-state index contributed by atoms with van der Waals surface area (Å²) in [6, 6.07) is -0.923. The Morgan fingerprint density at radius 2 is 0.816 bits per heavy atom. The van der Waals surface area contributed by atoms with E-state index in [1.807, 2.05) is 27.2 Å². The van der Waals surface area contributed by atoms with Crippen LogP contribution < -0.4 is 10.2 Å². The van der Waals surface area contributed by atoms with Crippen molar-refractivity contribution >= 4 is 13.7 Å². The fourth-order valence-electron chi connectivity index (χ4n) is 8.34. The number of hydrogen-bond acceptors (Lipinski definition) is 6. The first-order valence-electron chi connectivity index (χ1n) is 30.9. The molecular weight excluding hydrogens is 960 g/mol. The molecule has 76 heavy (non-hydrogen) atoms. The first kappa shape index (κ1) is 72.9. The Morgan fingerprint density at radius 3 is 1.22 bits per heavy atom. The van der Waals surface area contributed by atoms with Crippen molar-refractivity contribution in [3.63, 3.8) is 0 Å². The zero-order chi connectivity index (χ0) is 55.6. The van der Waals surface area contributed by atoms with Crippen LogP contribution in [-0.4, -0.2) is 68.5 Å². The van der Waals surface area contributed by atoms with Crippen LogP contribution in [0.3, 0.4) is 0 Å². The molecule has 0 aromatic heterocycles. The number of phosphoric ester groups is 1. The molecule has 0 saturated heterocycles. The molecule has 0 bridgehead atoms. The molecule has 0 aliphatic rings. The van der Waals surface area contributed by atoms with Crippen molar-refractivity contribution in [1.82, 2.24) is 5.32 Å². The van der Waals surface area contributed by atoms with Crippen molar-refractivity contribution < 1.29 is 32.9 Å². The minimum atomic E-state index is -4.62. The van der Waals surface area contributed by atoms with Crippen molar-refractivity contribution in [1.29, 1.82) is 0 Å². The average molecular weight is 1080 g/mol. The summed E-state index contributed by atoms with van der Waals surface area (Å²) in [5, 5.41) is 13.9. The lowest BCUT2D eigenvalue weighted by molar-refractivity contribution is -0.870.